The minimum atomic E-state index is -3.27. The van der Waals surface area contributed by atoms with Crippen LogP contribution in [0.3, 0.4) is 0 Å². The highest BCUT2D eigenvalue weighted by Gasteiger charge is 2.30. The molecule has 0 N–H and O–H groups in total. The summed E-state index contributed by atoms with van der Waals surface area (Å²) in [6, 6.07) is 3.16. The monoisotopic (exact) mass is 402 g/mol. The Hall–Kier alpha value is -2.52. The molecule has 2 unspecified atom stereocenters. The quantitative estimate of drug-likeness (QED) is 0.719. The van der Waals surface area contributed by atoms with Crippen LogP contribution in [0.4, 0.5) is 0 Å². The number of ether oxygens (including phenoxy) is 1. The van der Waals surface area contributed by atoms with Gasteiger partial charge < -0.3 is 9.64 Å². The van der Waals surface area contributed by atoms with Gasteiger partial charge in [0.2, 0.25) is 5.91 Å². The molecule has 4 heterocycles. The summed E-state index contributed by atoms with van der Waals surface area (Å²) in [5.41, 5.74) is 1.96. The Bertz CT molecular complexity index is 965. The Balaban J connectivity index is 1.50. The second kappa shape index (κ2) is 7.84. The lowest BCUT2D eigenvalue weighted by Crippen LogP contribution is -2.42. The van der Waals surface area contributed by atoms with Gasteiger partial charge in [-0.1, -0.05) is 0 Å². The predicted molar refractivity (Wildman–Crippen MR) is 102 cm³/mol. The van der Waals surface area contributed by atoms with Crippen molar-refractivity contribution >= 4 is 15.7 Å². The Morgan fingerprint density at radius 1 is 1.32 bits per heavy atom. The molecular formula is C19H22N4O4S. The van der Waals surface area contributed by atoms with Gasteiger partial charge >= 0.3 is 0 Å². The molecule has 1 saturated heterocycles. The molecule has 0 bridgehead atoms. The van der Waals surface area contributed by atoms with E-state index in [1.165, 1.54) is 5.41 Å². The molecule has 148 valence electrons. The molecular weight excluding hydrogens is 380 g/mol. The summed E-state index contributed by atoms with van der Waals surface area (Å²) in [7, 11) is -3.27. The van der Waals surface area contributed by atoms with Gasteiger partial charge in [0.15, 0.2) is 9.84 Å². The molecule has 0 radical (unpaired) electrons. The molecule has 1 amide bonds. The van der Waals surface area contributed by atoms with Crippen molar-refractivity contribution in [1.82, 2.24) is 19.7 Å². The normalized spacial score (nSPS) is 23.1. The zero-order valence-corrected chi connectivity index (χ0v) is 16.2. The molecule has 4 rings (SSSR count). The number of rotatable bonds is 6. The van der Waals surface area contributed by atoms with E-state index in [0.717, 1.165) is 24.2 Å². The van der Waals surface area contributed by atoms with Crippen LogP contribution in [0.25, 0.3) is 0 Å². The molecule has 8 nitrogen and oxygen atoms in total. The van der Waals surface area contributed by atoms with Crippen LogP contribution in [-0.4, -0.2) is 59.0 Å². The van der Waals surface area contributed by atoms with Crippen molar-refractivity contribution in [3.8, 4) is 0 Å². The minimum Gasteiger partial charge on any atom is -0.381 e. The number of pyridine rings is 1. The molecule has 9 heteroatoms. The lowest BCUT2D eigenvalue weighted by Gasteiger charge is -2.27. The lowest BCUT2D eigenvalue weighted by atomic mass is 10.0. The summed E-state index contributed by atoms with van der Waals surface area (Å²) >= 11 is 0. The zero-order chi connectivity index (χ0) is 19.6. The fourth-order valence-corrected chi connectivity index (χ4v) is 4.83. The van der Waals surface area contributed by atoms with Gasteiger partial charge in [0.25, 0.3) is 0 Å². The number of aromatic nitrogens is 3. The highest BCUT2D eigenvalue weighted by Crippen LogP contribution is 2.24. The maximum Gasteiger partial charge on any atom is 0.245 e. The fraction of sp³-hybridized carbons (Fsp3) is 0.421. The summed E-state index contributed by atoms with van der Waals surface area (Å²) in [6.07, 6.45) is 9.51. The van der Waals surface area contributed by atoms with E-state index in [9.17, 15) is 13.2 Å². The molecule has 2 aliphatic heterocycles. The Labute approximate surface area is 163 Å². The topological polar surface area (TPSA) is 94.4 Å². The van der Waals surface area contributed by atoms with E-state index < -0.39 is 15.9 Å². The first-order valence-corrected chi connectivity index (χ1v) is 10.9. The number of carbonyl (C=O) groups is 1. The summed E-state index contributed by atoms with van der Waals surface area (Å²) in [5, 5.41) is 5.50. The summed E-state index contributed by atoms with van der Waals surface area (Å²) in [4.78, 5) is 18.6. The van der Waals surface area contributed by atoms with Gasteiger partial charge in [0.05, 0.1) is 24.6 Å². The number of nitrogens with zero attached hydrogens (tertiary/aromatic N) is 4. The number of sulfone groups is 1. The highest BCUT2D eigenvalue weighted by molar-refractivity contribution is 7.94. The van der Waals surface area contributed by atoms with E-state index in [0.29, 0.717) is 19.1 Å². The van der Waals surface area contributed by atoms with Crippen LogP contribution in [0.2, 0.25) is 0 Å². The van der Waals surface area contributed by atoms with Crippen molar-refractivity contribution in [3.05, 3.63) is 59.5 Å². The SMILES string of the molecule is O=C(Cn1cc(C2CCOC2)cn1)N(Cc1ccncc1)C1C=CS(=O)(=O)C1. The van der Waals surface area contributed by atoms with Gasteiger partial charge in [-0.15, -0.1) is 0 Å². The summed E-state index contributed by atoms with van der Waals surface area (Å²) in [6.45, 7) is 1.80. The first kappa shape index (κ1) is 18.8. The Morgan fingerprint density at radius 3 is 2.82 bits per heavy atom. The van der Waals surface area contributed by atoms with E-state index in [-0.39, 0.29) is 18.2 Å². The van der Waals surface area contributed by atoms with Gasteiger partial charge in [-0.3, -0.25) is 14.5 Å². The third kappa shape index (κ3) is 4.31. The van der Waals surface area contributed by atoms with Crippen molar-refractivity contribution in [2.45, 2.75) is 31.5 Å². The van der Waals surface area contributed by atoms with Gasteiger partial charge in [-0.05, 0) is 35.8 Å². The average Bonchev–Trinajstić information content (AvgIpc) is 3.41. The van der Waals surface area contributed by atoms with Crippen LogP contribution in [0, 0.1) is 0 Å². The number of hydrogen-bond acceptors (Lipinski definition) is 6. The Kier molecular flexibility index (Phi) is 5.27. The molecule has 0 spiro atoms. The number of carbonyl (C=O) groups excluding carboxylic acids is 1. The van der Waals surface area contributed by atoms with Crippen LogP contribution in [0.5, 0.6) is 0 Å². The second-order valence-electron chi connectivity index (χ2n) is 7.13. The standard InChI is InChI=1S/C19H22N4O4S/c24-19(12-22-11-17(9-21-22)16-3-7-27-13-16)23(10-15-1-5-20-6-2-15)18-4-8-28(25,26)14-18/h1-2,4-6,8-9,11,16,18H,3,7,10,12-14H2. The largest absolute Gasteiger partial charge is 0.381 e. The van der Waals surface area contributed by atoms with Gasteiger partial charge in [-0.25, -0.2) is 8.42 Å². The molecule has 2 aromatic rings. The molecule has 2 aliphatic rings. The molecule has 0 saturated carbocycles. The van der Waals surface area contributed by atoms with Crippen LogP contribution >= 0.6 is 0 Å². The number of hydrogen-bond donors (Lipinski definition) is 0. The van der Waals surface area contributed by atoms with E-state index >= 15 is 0 Å². The van der Waals surface area contributed by atoms with E-state index in [4.69, 9.17) is 4.74 Å². The summed E-state index contributed by atoms with van der Waals surface area (Å²) < 4.78 is 30.8. The van der Waals surface area contributed by atoms with Crippen LogP contribution in [-0.2, 0) is 32.5 Å². The molecule has 0 aliphatic carbocycles. The fourth-order valence-electron chi connectivity index (χ4n) is 3.53. The smallest absolute Gasteiger partial charge is 0.245 e. The first-order chi connectivity index (χ1) is 13.5. The zero-order valence-electron chi connectivity index (χ0n) is 15.3. The van der Waals surface area contributed by atoms with Crippen molar-refractivity contribution in [3.63, 3.8) is 0 Å². The van der Waals surface area contributed by atoms with Crippen LogP contribution in [0.15, 0.2) is 48.4 Å². The van der Waals surface area contributed by atoms with E-state index in [2.05, 4.69) is 10.1 Å². The predicted octanol–water partition coefficient (Wildman–Crippen LogP) is 1.12. The highest BCUT2D eigenvalue weighted by atomic mass is 32.2. The van der Waals surface area contributed by atoms with Crippen molar-refractivity contribution in [2.75, 3.05) is 19.0 Å². The second-order valence-corrected chi connectivity index (χ2v) is 9.07. The molecule has 0 aromatic carbocycles. The maximum absolute atomic E-state index is 13.0. The third-order valence-electron chi connectivity index (χ3n) is 5.09. The molecule has 2 atom stereocenters. The minimum absolute atomic E-state index is 0.0586. The molecule has 28 heavy (non-hydrogen) atoms. The van der Waals surface area contributed by atoms with Gasteiger partial charge in [0.1, 0.15) is 6.54 Å². The Morgan fingerprint density at radius 2 is 2.14 bits per heavy atom. The van der Waals surface area contributed by atoms with Gasteiger partial charge in [-0.2, -0.15) is 5.10 Å². The number of amides is 1. The third-order valence-corrected chi connectivity index (χ3v) is 6.46. The van der Waals surface area contributed by atoms with Gasteiger partial charge in [0, 0.05) is 43.1 Å². The van der Waals surface area contributed by atoms with Crippen molar-refractivity contribution in [2.24, 2.45) is 0 Å². The van der Waals surface area contributed by atoms with E-state index in [1.807, 2.05) is 18.3 Å². The molecule has 2 aromatic heterocycles. The van der Waals surface area contributed by atoms with E-state index in [1.54, 1.807) is 34.2 Å². The lowest BCUT2D eigenvalue weighted by molar-refractivity contribution is -0.133. The maximum atomic E-state index is 13.0. The van der Waals surface area contributed by atoms with Crippen LogP contribution in [0.1, 0.15) is 23.5 Å². The van der Waals surface area contributed by atoms with Crippen molar-refractivity contribution < 1.29 is 17.9 Å². The summed E-state index contributed by atoms with van der Waals surface area (Å²) in [5.74, 6) is 0.0497. The van der Waals surface area contributed by atoms with Crippen molar-refractivity contribution in [1.29, 1.82) is 0 Å². The first-order valence-electron chi connectivity index (χ1n) is 9.19. The molecule has 1 fully saturated rings. The van der Waals surface area contributed by atoms with Crippen LogP contribution < -0.4 is 0 Å². The average molecular weight is 402 g/mol.